The minimum atomic E-state index is -4.30. The van der Waals surface area contributed by atoms with Gasteiger partial charge in [-0.2, -0.15) is 13.2 Å². The van der Waals surface area contributed by atoms with Crippen LogP contribution in [0.25, 0.3) is 0 Å². The quantitative estimate of drug-likeness (QED) is 0.847. The molecule has 0 unspecified atom stereocenters. The molecule has 1 rings (SSSR count). The Morgan fingerprint density at radius 3 is 2.15 bits per heavy atom. The Morgan fingerprint density at radius 2 is 1.70 bits per heavy atom. The first-order valence-corrected chi connectivity index (χ1v) is 6.82. The zero-order valence-electron chi connectivity index (χ0n) is 11.8. The van der Waals surface area contributed by atoms with Crippen LogP contribution in [0.2, 0.25) is 0 Å². The van der Waals surface area contributed by atoms with E-state index >= 15 is 0 Å². The van der Waals surface area contributed by atoms with E-state index in [0.29, 0.717) is 13.0 Å². The van der Waals surface area contributed by atoms with Gasteiger partial charge in [0.2, 0.25) is 5.91 Å². The molecule has 0 radical (unpaired) electrons. The summed E-state index contributed by atoms with van der Waals surface area (Å²) >= 11 is 0. The van der Waals surface area contributed by atoms with Crippen molar-refractivity contribution in [2.75, 3.05) is 6.54 Å². The minimum absolute atomic E-state index is 0.0157. The van der Waals surface area contributed by atoms with Crippen LogP contribution in [-0.4, -0.2) is 12.5 Å². The number of nitrogens with one attached hydrogen (secondary N) is 1. The number of amides is 1. The molecule has 0 atom stereocenters. The van der Waals surface area contributed by atoms with Crippen LogP contribution in [0.1, 0.15) is 37.8 Å². The third kappa shape index (κ3) is 4.87. The first kappa shape index (κ1) is 16.5. The lowest BCUT2D eigenvalue weighted by molar-refractivity contribution is -0.137. The third-order valence-corrected chi connectivity index (χ3v) is 3.35. The largest absolute Gasteiger partial charge is 0.416 e. The van der Waals surface area contributed by atoms with Crippen LogP contribution in [0.4, 0.5) is 13.2 Å². The van der Waals surface area contributed by atoms with Crippen molar-refractivity contribution in [2.45, 2.75) is 39.3 Å². The average Bonchev–Trinajstić information content (AvgIpc) is 2.39. The molecule has 0 aliphatic heterocycles. The Balaban J connectivity index is 2.45. The van der Waals surface area contributed by atoms with Gasteiger partial charge in [-0.15, -0.1) is 0 Å². The first-order valence-electron chi connectivity index (χ1n) is 6.82. The Labute approximate surface area is 117 Å². The van der Waals surface area contributed by atoms with Gasteiger partial charge in [0, 0.05) is 12.5 Å². The first-order chi connectivity index (χ1) is 9.38. The highest BCUT2D eigenvalue weighted by Crippen LogP contribution is 2.29. The zero-order valence-corrected chi connectivity index (χ0v) is 11.8. The summed E-state index contributed by atoms with van der Waals surface area (Å²) in [4.78, 5) is 11.7. The van der Waals surface area contributed by atoms with Crippen LogP contribution in [0.15, 0.2) is 24.3 Å². The molecule has 0 aliphatic carbocycles. The number of alkyl halides is 3. The van der Waals surface area contributed by atoms with E-state index in [1.54, 1.807) is 0 Å². The molecule has 0 aromatic heterocycles. The van der Waals surface area contributed by atoms with E-state index in [-0.39, 0.29) is 11.8 Å². The predicted octanol–water partition coefficient (Wildman–Crippen LogP) is 3.80. The molecule has 0 fully saturated rings. The number of carbonyl (C=O) groups excluding carboxylic acids is 1. The van der Waals surface area contributed by atoms with Crippen molar-refractivity contribution >= 4 is 5.91 Å². The van der Waals surface area contributed by atoms with Gasteiger partial charge < -0.3 is 5.32 Å². The van der Waals surface area contributed by atoms with Gasteiger partial charge in [-0.3, -0.25) is 4.79 Å². The summed E-state index contributed by atoms with van der Waals surface area (Å²) < 4.78 is 37.2. The number of halogens is 3. The van der Waals surface area contributed by atoms with Crippen molar-refractivity contribution in [3.63, 3.8) is 0 Å². The summed E-state index contributed by atoms with van der Waals surface area (Å²) in [5, 5.41) is 2.82. The average molecular weight is 287 g/mol. The van der Waals surface area contributed by atoms with Crippen LogP contribution in [0.5, 0.6) is 0 Å². The highest BCUT2D eigenvalue weighted by Gasteiger charge is 2.29. The molecule has 0 aliphatic rings. The molecule has 0 saturated carbocycles. The van der Waals surface area contributed by atoms with E-state index in [4.69, 9.17) is 0 Å². The minimum Gasteiger partial charge on any atom is -0.356 e. The van der Waals surface area contributed by atoms with Crippen LogP contribution < -0.4 is 5.32 Å². The van der Waals surface area contributed by atoms with Gasteiger partial charge in [-0.25, -0.2) is 0 Å². The van der Waals surface area contributed by atoms with Crippen LogP contribution >= 0.6 is 0 Å². The summed E-state index contributed by atoms with van der Waals surface area (Å²) in [6.45, 7) is 4.37. The second kappa shape index (κ2) is 7.31. The maximum atomic E-state index is 12.4. The molecule has 1 aromatic rings. The monoisotopic (exact) mass is 287 g/mol. The second-order valence-corrected chi connectivity index (χ2v) is 4.75. The standard InChI is InChI=1S/C15H20F3NO/c1-3-12(4-2)14(20)19-10-9-11-5-7-13(8-6-11)15(16,17)18/h5-8,12H,3-4,9-10H2,1-2H3,(H,19,20). The zero-order chi connectivity index (χ0) is 15.2. The van der Waals surface area contributed by atoms with E-state index in [2.05, 4.69) is 5.32 Å². The molecule has 2 nitrogen and oxygen atoms in total. The van der Waals surface area contributed by atoms with E-state index in [9.17, 15) is 18.0 Å². The van der Waals surface area contributed by atoms with Gasteiger partial charge in [0.1, 0.15) is 0 Å². The highest BCUT2D eigenvalue weighted by atomic mass is 19.4. The Kier molecular flexibility index (Phi) is 6.05. The van der Waals surface area contributed by atoms with Crippen molar-refractivity contribution in [3.05, 3.63) is 35.4 Å². The van der Waals surface area contributed by atoms with Gasteiger partial charge >= 0.3 is 6.18 Å². The molecule has 5 heteroatoms. The Morgan fingerprint density at radius 1 is 1.15 bits per heavy atom. The molecule has 0 heterocycles. The Hall–Kier alpha value is -1.52. The van der Waals surface area contributed by atoms with E-state index in [1.807, 2.05) is 13.8 Å². The SMILES string of the molecule is CCC(CC)C(=O)NCCc1ccc(C(F)(F)F)cc1. The molecule has 0 spiro atoms. The van der Waals surface area contributed by atoms with Crippen molar-refractivity contribution in [3.8, 4) is 0 Å². The smallest absolute Gasteiger partial charge is 0.356 e. The maximum absolute atomic E-state index is 12.4. The summed E-state index contributed by atoms with van der Waals surface area (Å²) in [5.41, 5.74) is 0.130. The fraction of sp³-hybridized carbons (Fsp3) is 0.533. The number of carbonyl (C=O) groups is 1. The lowest BCUT2D eigenvalue weighted by Gasteiger charge is -2.13. The van der Waals surface area contributed by atoms with Gasteiger partial charge in [0.15, 0.2) is 0 Å². The Bertz CT molecular complexity index is 422. The fourth-order valence-electron chi connectivity index (χ4n) is 1.99. The lowest BCUT2D eigenvalue weighted by Crippen LogP contribution is -2.31. The summed E-state index contributed by atoms with van der Waals surface area (Å²) in [7, 11) is 0. The van der Waals surface area contributed by atoms with Crippen molar-refractivity contribution in [2.24, 2.45) is 5.92 Å². The van der Waals surface area contributed by atoms with Gasteiger partial charge in [0.05, 0.1) is 5.56 Å². The van der Waals surface area contributed by atoms with Crippen LogP contribution in [0.3, 0.4) is 0 Å². The summed E-state index contributed by atoms with van der Waals surface area (Å²) in [6.07, 6.45) is -2.18. The molecule has 1 N–H and O–H groups in total. The van der Waals surface area contributed by atoms with Crippen molar-refractivity contribution in [1.82, 2.24) is 5.32 Å². The summed E-state index contributed by atoms with van der Waals surface area (Å²) in [5.74, 6) is 0.0320. The molecular formula is C15H20F3NO. The molecule has 1 amide bonds. The number of benzene rings is 1. The molecule has 0 saturated heterocycles. The van der Waals surface area contributed by atoms with Crippen molar-refractivity contribution < 1.29 is 18.0 Å². The van der Waals surface area contributed by atoms with Crippen molar-refractivity contribution in [1.29, 1.82) is 0 Å². The third-order valence-electron chi connectivity index (χ3n) is 3.35. The normalized spacial score (nSPS) is 11.7. The molecule has 0 bridgehead atoms. The van der Waals surface area contributed by atoms with Crippen LogP contribution in [0, 0.1) is 5.92 Å². The maximum Gasteiger partial charge on any atom is 0.416 e. The van der Waals surface area contributed by atoms with Gasteiger partial charge in [-0.1, -0.05) is 26.0 Å². The van der Waals surface area contributed by atoms with Gasteiger partial charge in [-0.05, 0) is 37.0 Å². The highest BCUT2D eigenvalue weighted by molar-refractivity contribution is 5.78. The molecule has 20 heavy (non-hydrogen) atoms. The topological polar surface area (TPSA) is 29.1 Å². The van der Waals surface area contributed by atoms with E-state index < -0.39 is 11.7 Å². The lowest BCUT2D eigenvalue weighted by atomic mass is 10.0. The van der Waals surface area contributed by atoms with Gasteiger partial charge in [0.25, 0.3) is 0 Å². The fourth-order valence-corrected chi connectivity index (χ4v) is 1.99. The van der Waals surface area contributed by atoms with E-state index in [1.165, 1.54) is 12.1 Å². The summed E-state index contributed by atoms with van der Waals surface area (Å²) in [6, 6.07) is 5.04. The number of rotatable bonds is 6. The molecule has 112 valence electrons. The molecular weight excluding hydrogens is 267 g/mol. The predicted molar refractivity (Wildman–Crippen MR) is 72.2 cm³/mol. The number of hydrogen-bond donors (Lipinski definition) is 1. The second-order valence-electron chi connectivity index (χ2n) is 4.75. The van der Waals surface area contributed by atoms with E-state index in [0.717, 1.165) is 30.5 Å². The number of hydrogen-bond acceptors (Lipinski definition) is 1. The van der Waals surface area contributed by atoms with Crippen LogP contribution in [-0.2, 0) is 17.4 Å². The molecule has 1 aromatic carbocycles.